The minimum Gasteiger partial charge on any atom is -0.491 e. The van der Waals surface area contributed by atoms with E-state index in [1.807, 2.05) is 121 Å². The number of fused-ring (bicyclic) bond motifs is 6. The van der Waals surface area contributed by atoms with Crippen LogP contribution in [0.1, 0.15) is 18.4 Å². The van der Waals surface area contributed by atoms with Crippen molar-refractivity contribution in [3.63, 3.8) is 0 Å². The molecule has 2 saturated heterocycles. The molecule has 7 unspecified atom stereocenters. The molecule has 4 aliphatic rings. The van der Waals surface area contributed by atoms with Crippen molar-refractivity contribution in [1.29, 1.82) is 0 Å². The lowest BCUT2D eigenvalue weighted by atomic mass is 10.0. The predicted molar refractivity (Wildman–Crippen MR) is 222 cm³/mol. The Morgan fingerprint density at radius 2 is 1.06 bits per heavy atom. The van der Waals surface area contributed by atoms with E-state index in [-0.39, 0.29) is 23.4 Å². The zero-order chi connectivity index (χ0) is 34.0. The molecule has 2 fully saturated rings. The van der Waals surface area contributed by atoms with Crippen molar-refractivity contribution < 1.29 is 32.4 Å². The highest BCUT2D eigenvalue weighted by atomic mass is 35.5. The first-order valence-corrected chi connectivity index (χ1v) is 22.4. The van der Waals surface area contributed by atoms with Crippen LogP contribution in [0.3, 0.4) is 0 Å². The van der Waals surface area contributed by atoms with Gasteiger partial charge in [0, 0.05) is 11.1 Å². The molecule has 51 heavy (non-hydrogen) atoms. The lowest BCUT2D eigenvalue weighted by Crippen LogP contribution is -2.28. The van der Waals surface area contributed by atoms with Gasteiger partial charge in [-0.3, -0.25) is 9.13 Å². The van der Waals surface area contributed by atoms with E-state index in [1.165, 1.54) is 0 Å². The quantitative estimate of drug-likeness (QED) is 0.0921. The van der Waals surface area contributed by atoms with Crippen LogP contribution in [0.4, 0.5) is 0 Å². The van der Waals surface area contributed by atoms with Crippen molar-refractivity contribution in [3.05, 3.63) is 127 Å². The van der Waals surface area contributed by atoms with Gasteiger partial charge in [-0.1, -0.05) is 92.4 Å². The first kappa shape index (κ1) is 39.7. The third-order valence-corrected chi connectivity index (χ3v) is 15.6. The zero-order valence-electron chi connectivity index (χ0n) is 27.1. The van der Waals surface area contributed by atoms with E-state index in [1.54, 1.807) is 0 Å². The normalized spacial score (nSPS) is 22.9. The van der Waals surface area contributed by atoms with E-state index in [0.29, 0.717) is 58.6 Å². The Hall–Kier alpha value is -2.54. The van der Waals surface area contributed by atoms with E-state index in [9.17, 15) is 0 Å². The zero-order valence-corrected chi connectivity index (χ0v) is 33.4. The van der Waals surface area contributed by atoms with E-state index >= 15 is 9.13 Å². The second-order valence-corrected chi connectivity index (χ2v) is 17.2. The number of hydrogen-bond donors (Lipinski definition) is 0. The van der Waals surface area contributed by atoms with E-state index in [2.05, 4.69) is 17.9 Å². The molecule has 0 aromatic heterocycles. The minimum atomic E-state index is -3.95. The van der Waals surface area contributed by atoms with Crippen molar-refractivity contribution >= 4 is 64.7 Å². The summed E-state index contributed by atoms with van der Waals surface area (Å²) in [7, 11) is -3.24. The third kappa shape index (κ3) is 8.04. The molecule has 0 aliphatic carbocycles. The lowest BCUT2D eigenvalue weighted by Gasteiger charge is -2.39. The van der Waals surface area contributed by atoms with Gasteiger partial charge in [0.2, 0.25) is 0 Å². The Bertz CT molecular complexity index is 1940. The van der Waals surface area contributed by atoms with E-state index in [0.717, 1.165) is 28.9 Å². The fourth-order valence-electron chi connectivity index (χ4n) is 6.08. The van der Waals surface area contributed by atoms with Gasteiger partial charge in [-0.25, -0.2) is 0 Å². The van der Waals surface area contributed by atoms with E-state index < -0.39 is 20.1 Å². The molecule has 7 atom stereocenters. The maximum atomic E-state index is 15.7. The first-order chi connectivity index (χ1) is 24.0. The van der Waals surface area contributed by atoms with Crippen molar-refractivity contribution in [2.24, 2.45) is 0 Å². The molecule has 0 spiro atoms. The van der Waals surface area contributed by atoms with Crippen LogP contribution in [0.15, 0.2) is 121 Å². The Morgan fingerprint density at radius 3 is 1.47 bits per heavy atom. The molecule has 5 aromatic carbocycles. The molecular formula is C38H42ClO7P5. The Labute approximate surface area is 313 Å². The molecule has 0 amide bonds. The molecule has 9 rings (SSSR count). The molecule has 268 valence electrons. The summed E-state index contributed by atoms with van der Waals surface area (Å²) in [5.74, 6) is 2.30. The number of rotatable bonds is 7. The Kier molecular flexibility index (Phi) is 13.3. The van der Waals surface area contributed by atoms with Gasteiger partial charge >= 0.3 is 0 Å². The molecule has 7 nitrogen and oxygen atoms in total. The molecule has 13 heteroatoms. The summed E-state index contributed by atoms with van der Waals surface area (Å²) in [5, 5.41) is -0.0834. The SMILES string of the molecule is C.ClCC1CO1.O=P1(C(c2ccc(OCC3CO3)cc2)P2(=O)Oc3ccccc3-c3ccccc32)Oc2ccccc2-c2ccccc21.P.PP. The second-order valence-electron chi connectivity index (χ2n) is 11.7. The lowest BCUT2D eigenvalue weighted by molar-refractivity contribution is 0.263. The largest absolute Gasteiger partial charge is 0.491 e. The van der Waals surface area contributed by atoms with E-state index in [4.69, 9.17) is 34.9 Å². The molecule has 4 aliphatic heterocycles. The standard InChI is InChI=1S/C34H26O6P2.C3H5ClO.CH4.H4P2.H3P/c35-41(32-15-7-3-11-28(32)26-9-1-5-13-30(26)39-41)34(23-17-19-24(20-18-23)37-21-25-22-38-25)42(36)33-16-8-4-12-29(33)27-10-2-6-14-31(27)40-42;4-1-3-2-5-3;;1-2;/h1-20,25,34H,21-22H2;3H,1-2H2;1H4;1-2H2;1H3. The number of benzene rings is 5. The molecular weight excluding hydrogens is 759 g/mol. The highest BCUT2D eigenvalue weighted by molar-refractivity contribution is 7.92. The van der Waals surface area contributed by atoms with Crippen LogP contribution in [-0.4, -0.2) is 37.9 Å². The van der Waals surface area contributed by atoms with Crippen molar-refractivity contribution in [2.45, 2.75) is 25.0 Å². The number of hydrogen-bond acceptors (Lipinski definition) is 7. The minimum absolute atomic E-state index is 0. The van der Waals surface area contributed by atoms with Crippen LogP contribution in [0, 0.1) is 0 Å². The molecule has 0 N–H and O–H groups in total. The summed E-state index contributed by atoms with van der Waals surface area (Å²) in [6.45, 7) is 2.03. The molecule has 5 aromatic rings. The monoisotopic (exact) mass is 800 g/mol. The number of para-hydroxylation sites is 2. The Balaban J connectivity index is 0.000000511. The molecule has 0 bridgehead atoms. The third-order valence-electron chi connectivity index (χ3n) is 8.54. The highest BCUT2D eigenvalue weighted by Gasteiger charge is 2.57. The van der Waals surface area contributed by atoms with Crippen LogP contribution < -0.4 is 24.4 Å². The van der Waals surface area contributed by atoms with Crippen molar-refractivity contribution in [3.8, 4) is 39.5 Å². The van der Waals surface area contributed by atoms with Gasteiger partial charge in [0.25, 0.3) is 14.7 Å². The maximum absolute atomic E-state index is 15.7. The topological polar surface area (TPSA) is 86.9 Å². The molecule has 4 heterocycles. The van der Waals surface area contributed by atoms with Crippen LogP contribution in [0.25, 0.3) is 22.3 Å². The molecule has 0 radical (unpaired) electrons. The van der Waals surface area contributed by atoms with Gasteiger partial charge < -0.3 is 23.3 Å². The summed E-state index contributed by atoms with van der Waals surface area (Å²) in [5.41, 5.74) is 3.87. The van der Waals surface area contributed by atoms with Crippen molar-refractivity contribution in [1.82, 2.24) is 0 Å². The van der Waals surface area contributed by atoms with Gasteiger partial charge in [0.05, 0.1) is 35.8 Å². The number of halogens is 1. The maximum Gasteiger partial charge on any atom is 0.296 e. The molecule has 0 saturated carbocycles. The van der Waals surface area contributed by atoms with Crippen LogP contribution in [-0.2, 0) is 18.6 Å². The summed E-state index contributed by atoms with van der Waals surface area (Å²) in [4.78, 5) is 0. The van der Waals surface area contributed by atoms with Crippen LogP contribution in [0.2, 0.25) is 0 Å². The van der Waals surface area contributed by atoms with Crippen molar-refractivity contribution in [2.75, 3.05) is 25.7 Å². The van der Waals surface area contributed by atoms with Crippen LogP contribution >= 0.6 is 54.1 Å². The highest BCUT2D eigenvalue weighted by Crippen LogP contribution is 2.79. The van der Waals surface area contributed by atoms with Gasteiger partial charge in [-0.15, -0.1) is 29.5 Å². The number of ether oxygens (including phenoxy) is 3. The smallest absolute Gasteiger partial charge is 0.296 e. The first-order valence-electron chi connectivity index (χ1n) is 15.8. The van der Waals surface area contributed by atoms with Gasteiger partial charge in [-0.05, 0) is 53.1 Å². The van der Waals surface area contributed by atoms with Crippen LogP contribution in [0.5, 0.6) is 17.2 Å². The number of epoxide rings is 2. The number of alkyl halides is 1. The van der Waals surface area contributed by atoms with Gasteiger partial charge in [0.1, 0.15) is 30.0 Å². The summed E-state index contributed by atoms with van der Waals surface area (Å²) in [6, 6.07) is 37.4. The summed E-state index contributed by atoms with van der Waals surface area (Å²) < 4.78 is 60.5. The van der Waals surface area contributed by atoms with Gasteiger partial charge in [0.15, 0.2) is 5.40 Å². The van der Waals surface area contributed by atoms with Gasteiger partial charge in [-0.2, -0.15) is 9.90 Å². The fraction of sp³-hybridized carbons (Fsp3) is 0.211. The average Bonchev–Trinajstić information content (AvgIpc) is 4.09. The fourth-order valence-corrected chi connectivity index (χ4v) is 13.5. The summed E-state index contributed by atoms with van der Waals surface area (Å²) >= 11 is 5.27. The second kappa shape index (κ2) is 17.1. The average molecular weight is 801 g/mol. The Morgan fingerprint density at radius 1 is 0.647 bits per heavy atom. The summed E-state index contributed by atoms with van der Waals surface area (Å²) in [6.07, 6.45) is 0.514. The predicted octanol–water partition coefficient (Wildman–Crippen LogP) is 9.76.